The molecule has 0 atom stereocenters. The van der Waals surface area contributed by atoms with Crippen LogP contribution in [0.15, 0.2) is 42.5 Å². The molecule has 0 bridgehead atoms. The zero-order valence-electron chi connectivity index (χ0n) is 17.6. The molecule has 0 radical (unpaired) electrons. The minimum atomic E-state index is -0.829. The third kappa shape index (κ3) is 8.95. The topological polar surface area (TPSA) is 18.5 Å². The third-order valence-corrected chi connectivity index (χ3v) is 5.13. The lowest BCUT2D eigenvalue weighted by atomic mass is 10.0. The van der Waals surface area contributed by atoms with Crippen LogP contribution < -0.4 is 4.74 Å². The summed E-state index contributed by atoms with van der Waals surface area (Å²) >= 11 is 0. The Morgan fingerprint density at radius 2 is 1.21 bits per heavy atom. The molecule has 0 amide bonds. The summed E-state index contributed by atoms with van der Waals surface area (Å²) in [4.78, 5) is 0. The van der Waals surface area contributed by atoms with Crippen molar-refractivity contribution in [2.45, 2.75) is 64.2 Å². The minimum absolute atomic E-state index is 0.270. The largest absolute Gasteiger partial charge is 0.494 e. The summed E-state index contributed by atoms with van der Waals surface area (Å²) in [5, 5.41) is 0. The maximum Gasteiger partial charge on any atom is 0.166 e. The first-order chi connectivity index (χ1) is 14.2. The second kappa shape index (κ2) is 14.1. The first kappa shape index (κ1) is 23.3. The van der Waals surface area contributed by atoms with Crippen molar-refractivity contribution >= 4 is 0 Å². The first-order valence-electron chi connectivity index (χ1n) is 10.9. The molecule has 29 heavy (non-hydrogen) atoms. The summed E-state index contributed by atoms with van der Waals surface area (Å²) in [6, 6.07) is 11.4. The molecule has 2 rings (SSSR count). The van der Waals surface area contributed by atoms with Crippen molar-refractivity contribution in [2.75, 3.05) is 20.3 Å². The average molecular weight is 405 g/mol. The number of methoxy groups -OCH3 is 1. The van der Waals surface area contributed by atoms with E-state index in [1.165, 1.54) is 63.9 Å². The van der Waals surface area contributed by atoms with Gasteiger partial charge in [-0.3, -0.25) is 0 Å². The van der Waals surface area contributed by atoms with E-state index in [4.69, 9.17) is 9.47 Å². The van der Waals surface area contributed by atoms with Gasteiger partial charge < -0.3 is 9.47 Å². The van der Waals surface area contributed by atoms with Gasteiger partial charge in [-0.1, -0.05) is 75.6 Å². The van der Waals surface area contributed by atoms with Crippen LogP contribution in [0.25, 0.3) is 11.1 Å². The summed E-state index contributed by atoms with van der Waals surface area (Å²) in [6.07, 6.45) is 12.5. The highest BCUT2D eigenvalue weighted by molar-refractivity contribution is 5.64. The molecule has 4 heteroatoms. The normalized spacial score (nSPS) is 11.0. The fraction of sp³-hybridized carbons (Fsp3) is 0.520. The Morgan fingerprint density at radius 3 is 1.79 bits per heavy atom. The smallest absolute Gasteiger partial charge is 0.166 e. The van der Waals surface area contributed by atoms with Gasteiger partial charge in [0.15, 0.2) is 11.6 Å². The molecule has 0 spiro atoms. The second-order valence-corrected chi connectivity index (χ2v) is 7.50. The van der Waals surface area contributed by atoms with Gasteiger partial charge in [-0.25, -0.2) is 8.78 Å². The Kier molecular flexibility index (Phi) is 11.4. The molecule has 0 heterocycles. The molecule has 0 aliphatic rings. The number of hydrogen-bond acceptors (Lipinski definition) is 2. The lowest BCUT2D eigenvalue weighted by Gasteiger charge is -2.08. The standard InChI is InChI=1S/C25H34F2O2/c1-28-19-10-8-6-4-2-3-5-7-9-11-20-29-22-17-15-21(16-18-22)23-13-12-14-24(26)25(23)27/h12-18H,2-11,19-20H2,1H3. The van der Waals surface area contributed by atoms with Crippen LogP contribution in [0.5, 0.6) is 5.75 Å². The van der Waals surface area contributed by atoms with Gasteiger partial charge in [-0.05, 0) is 36.6 Å². The van der Waals surface area contributed by atoms with Crippen molar-refractivity contribution < 1.29 is 18.3 Å². The van der Waals surface area contributed by atoms with Crippen molar-refractivity contribution in [2.24, 2.45) is 0 Å². The van der Waals surface area contributed by atoms with Gasteiger partial charge in [0.05, 0.1) is 6.61 Å². The summed E-state index contributed by atoms with van der Waals surface area (Å²) in [6.45, 7) is 1.57. The molecule has 0 saturated heterocycles. The Morgan fingerprint density at radius 1 is 0.655 bits per heavy atom. The van der Waals surface area contributed by atoms with Crippen LogP contribution in [0.4, 0.5) is 8.78 Å². The molecule has 160 valence electrons. The predicted molar refractivity (Wildman–Crippen MR) is 115 cm³/mol. The number of halogens is 2. The van der Waals surface area contributed by atoms with E-state index in [9.17, 15) is 8.78 Å². The zero-order valence-corrected chi connectivity index (χ0v) is 17.6. The van der Waals surface area contributed by atoms with Crippen LogP contribution in [0, 0.1) is 11.6 Å². The number of hydrogen-bond donors (Lipinski definition) is 0. The molecule has 0 saturated carbocycles. The fourth-order valence-electron chi connectivity index (χ4n) is 3.41. The van der Waals surface area contributed by atoms with Gasteiger partial charge in [0.1, 0.15) is 5.75 Å². The van der Waals surface area contributed by atoms with E-state index in [0.29, 0.717) is 12.2 Å². The van der Waals surface area contributed by atoms with Gasteiger partial charge >= 0.3 is 0 Å². The second-order valence-electron chi connectivity index (χ2n) is 7.50. The Labute approximate surface area is 174 Å². The number of ether oxygens (including phenoxy) is 2. The van der Waals surface area contributed by atoms with E-state index in [0.717, 1.165) is 24.8 Å². The summed E-state index contributed by atoms with van der Waals surface area (Å²) in [7, 11) is 1.76. The molecule has 2 nitrogen and oxygen atoms in total. The lowest BCUT2D eigenvalue weighted by Crippen LogP contribution is -1.97. The SMILES string of the molecule is COCCCCCCCCCCCCOc1ccc(-c2cccc(F)c2F)cc1. The van der Waals surface area contributed by atoms with Crippen molar-refractivity contribution in [3.63, 3.8) is 0 Å². The van der Waals surface area contributed by atoms with Crippen molar-refractivity contribution in [1.82, 2.24) is 0 Å². The average Bonchev–Trinajstić information content (AvgIpc) is 2.74. The van der Waals surface area contributed by atoms with Crippen LogP contribution in [0.2, 0.25) is 0 Å². The maximum absolute atomic E-state index is 13.9. The molecule has 0 aliphatic heterocycles. The fourth-order valence-corrected chi connectivity index (χ4v) is 3.41. The summed E-state index contributed by atoms with van der Waals surface area (Å²) < 4.78 is 38.0. The van der Waals surface area contributed by atoms with Crippen LogP contribution in [-0.4, -0.2) is 20.3 Å². The van der Waals surface area contributed by atoms with Crippen molar-refractivity contribution in [3.05, 3.63) is 54.1 Å². The van der Waals surface area contributed by atoms with Gasteiger partial charge in [-0.15, -0.1) is 0 Å². The molecule has 0 N–H and O–H groups in total. The van der Waals surface area contributed by atoms with Crippen LogP contribution >= 0.6 is 0 Å². The highest BCUT2D eigenvalue weighted by atomic mass is 19.2. The van der Waals surface area contributed by atoms with Gasteiger partial charge in [0.25, 0.3) is 0 Å². The maximum atomic E-state index is 13.9. The molecule has 2 aromatic carbocycles. The highest BCUT2D eigenvalue weighted by Crippen LogP contribution is 2.26. The van der Waals surface area contributed by atoms with E-state index in [2.05, 4.69) is 0 Å². The quantitative estimate of drug-likeness (QED) is 0.285. The number of unbranched alkanes of at least 4 members (excludes halogenated alkanes) is 9. The zero-order chi connectivity index (χ0) is 20.7. The summed E-state index contributed by atoms with van der Waals surface area (Å²) in [5.41, 5.74) is 0.916. The summed E-state index contributed by atoms with van der Waals surface area (Å²) in [5.74, 6) is -0.879. The van der Waals surface area contributed by atoms with E-state index in [1.807, 2.05) is 12.1 Å². The van der Waals surface area contributed by atoms with Crippen LogP contribution in [-0.2, 0) is 4.74 Å². The Bertz CT molecular complexity index is 686. The van der Waals surface area contributed by atoms with Gasteiger partial charge in [0.2, 0.25) is 0 Å². The van der Waals surface area contributed by atoms with E-state index < -0.39 is 11.6 Å². The van der Waals surface area contributed by atoms with Gasteiger partial charge in [-0.2, -0.15) is 0 Å². The molecular weight excluding hydrogens is 370 g/mol. The first-order valence-corrected chi connectivity index (χ1v) is 10.9. The molecular formula is C25H34F2O2. The van der Waals surface area contributed by atoms with Gasteiger partial charge in [0, 0.05) is 19.3 Å². The van der Waals surface area contributed by atoms with E-state index >= 15 is 0 Å². The Balaban J connectivity index is 1.52. The number of benzene rings is 2. The predicted octanol–water partition coefficient (Wildman–Crippen LogP) is 7.56. The van der Waals surface area contributed by atoms with Crippen LogP contribution in [0.3, 0.4) is 0 Å². The highest BCUT2D eigenvalue weighted by Gasteiger charge is 2.09. The van der Waals surface area contributed by atoms with Crippen molar-refractivity contribution in [1.29, 1.82) is 0 Å². The van der Waals surface area contributed by atoms with Crippen molar-refractivity contribution in [3.8, 4) is 16.9 Å². The van der Waals surface area contributed by atoms with E-state index in [-0.39, 0.29) is 5.56 Å². The lowest BCUT2D eigenvalue weighted by molar-refractivity contribution is 0.192. The van der Waals surface area contributed by atoms with Crippen LogP contribution in [0.1, 0.15) is 64.2 Å². The monoisotopic (exact) mass is 404 g/mol. The van der Waals surface area contributed by atoms with E-state index in [1.54, 1.807) is 25.3 Å². The minimum Gasteiger partial charge on any atom is -0.494 e. The molecule has 0 aliphatic carbocycles. The number of rotatable bonds is 15. The molecule has 0 fully saturated rings. The molecule has 0 unspecified atom stereocenters. The Hall–Kier alpha value is -1.94. The molecule has 2 aromatic rings. The third-order valence-electron chi connectivity index (χ3n) is 5.13. The molecule has 0 aromatic heterocycles.